The third kappa shape index (κ3) is 3.36. The third-order valence-electron chi connectivity index (χ3n) is 2.56. The highest BCUT2D eigenvalue weighted by Gasteiger charge is 2.11. The van der Waals surface area contributed by atoms with Gasteiger partial charge in [-0.1, -0.05) is 38.1 Å². The van der Waals surface area contributed by atoms with Gasteiger partial charge in [0.05, 0.1) is 0 Å². The number of amides is 1. The lowest BCUT2D eigenvalue weighted by atomic mass is 9.99. The fraction of sp³-hybridized carbons (Fsp3) is 0.417. The average Bonchev–Trinajstić information content (AvgIpc) is 2.29. The maximum absolute atomic E-state index is 11.2. The summed E-state index contributed by atoms with van der Waals surface area (Å²) in [5.74, 6) is 4.88. The largest absolute Gasteiger partial charge is 0.294 e. The molecule has 0 saturated heterocycles. The predicted octanol–water partition coefficient (Wildman–Crippen LogP) is 1.42. The van der Waals surface area contributed by atoms with E-state index in [0.29, 0.717) is 0 Å². The molecular formula is C12H18N2O. The van der Waals surface area contributed by atoms with Gasteiger partial charge in [-0.2, -0.15) is 0 Å². The zero-order valence-corrected chi connectivity index (χ0v) is 9.29. The minimum absolute atomic E-state index is 0.0810. The molecule has 0 aliphatic rings. The Bertz CT molecular complexity index is 319. The van der Waals surface area contributed by atoms with E-state index >= 15 is 0 Å². The van der Waals surface area contributed by atoms with Crippen molar-refractivity contribution in [1.29, 1.82) is 0 Å². The van der Waals surface area contributed by atoms with Crippen LogP contribution in [0.3, 0.4) is 0 Å². The van der Waals surface area contributed by atoms with Crippen LogP contribution in [-0.4, -0.2) is 5.91 Å². The summed E-state index contributed by atoms with van der Waals surface area (Å²) in [6.07, 6.45) is 1.77. The summed E-state index contributed by atoms with van der Waals surface area (Å²) in [4.78, 5) is 11.2. The Morgan fingerprint density at radius 1 is 1.33 bits per heavy atom. The van der Waals surface area contributed by atoms with Crippen LogP contribution in [0.25, 0.3) is 0 Å². The lowest BCUT2D eigenvalue weighted by Crippen LogP contribution is -2.35. The number of benzene rings is 1. The van der Waals surface area contributed by atoms with Crippen LogP contribution in [0.5, 0.6) is 0 Å². The summed E-state index contributed by atoms with van der Waals surface area (Å²) in [7, 11) is 0. The van der Waals surface area contributed by atoms with Gasteiger partial charge in [-0.05, 0) is 24.0 Å². The Morgan fingerprint density at radius 2 is 1.87 bits per heavy atom. The maximum atomic E-state index is 11.2. The molecule has 0 bridgehead atoms. The van der Waals surface area contributed by atoms with Crippen LogP contribution < -0.4 is 11.3 Å². The number of carbonyl (C=O) groups excluding carboxylic acids is 1. The van der Waals surface area contributed by atoms with E-state index in [0.717, 1.165) is 12.8 Å². The summed E-state index contributed by atoms with van der Waals surface area (Å²) in [5, 5.41) is 0. The molecule has 0 aliphatic heterocycles. The quantitative estimate of drug-likeness (QED) is 0.444. The molecule has 3 nitrogen and oxygen atoms in total. The first-order valence-electron chi connectivity index (χ1n) is 5.25. The van der Waals surface area contributed by atoms with Gasteiger partial charge < -0.3 is 0 Å². The second-order valence-electron chi connectivity index (χ2n) is 3.78. The first kappa shape index (κ1) is 11.7. The minimum atomic E-state index is -0.116. The second-order valence-corrected chi connectivity index (χ2v) is 3.78. The van der Waals surface area contributed by atoms with Crippen LogP contribution in [0.2, 0.25) is 0 Å². The zero-order valence-electron chi connectivity index (χ0n) is 9.29. The molecule has 0 aromatic heterocycles. The molecule has 3 heteroatoms. The highest BCUT2D eigenvalue weighted by Crippen LogP contribution is 2.10. The van der Waals surface area contributed by atoms with Crippen molar-refractivity contribution in [1.82, 2.24) is 5.43 Å². The number of nitrogens with two attached hydrogens (primary N) is 1. The third-order valence-corrected chi connectivity index (χ3v) is 2.56. The molecule has 0 aliphatic carbocycles. The van der Waals surface area contributed by atoms with E-state index in [2.05, 4.69) is 36.6 Å². The van der Waals surface area contributed by atoms with Crippen LogP contribution in [0, 0.1) is 5.92 Å². The molecule has 82 valence electrons. The minimum Gasteiger partial charge on any atom is -0.294 e. The summed E-state index contributed by atoms with van der Waals surface area (Å²) in [6.45, 7) is 4.00. The molecule has 3 N–H and O–H groups in total. The van der Waals surface area contributed by atoms with Crippen LogP contribution >= 0.6 is 0 Å². The standard InChI is InChI=1S/C12H18N2O/c1-3-10-4-6-11(7-5-10)8-9(2)12(15)14-13/h4-7,9H,3,8,13H2,1-2H3,(H,14,15)/t9-/m0/s1. The van der Waals surface area contributed by atoms with Crippen molar-refractivity contribution in [2.45, 2.75) is 26.7 Å². The van der Waals surface area contributed by atoms with Crippen molar-refractivity contribution >= 4 is 5.91 Å². The number of aryl methyl sites for hydroxylation is 1. The van der Waals surface area contributed by atoms with Gasteiger partial charge in [0.2, 0.25) is 5.91 Å². The van der Waals surface area contributed by atoms with Crippen molar-refractivity contribution in [2.75, 3.05) is 0 Å². The Balaban J connectivity index is 2.60. The summed E-state index contributed by atoms with van der Waals surface area (Å²) in [5.41, 5.74) is 4.65. The van der Waals surface area contributed by atoms with E-state index in [1.54, 1.807) is 0 Å². The van der Waals surface area contributed by atoms with Gasteiger partial charge in [-0.25, -0.2) is 5.84 Å². The van der Waals surface area contributed by atoms with Crippen molar-refractivity contribution in [3.63, 3.8) is 0 Å². The number of hydrogen-bond donors (Lipinski definition) is 2. The molecule has 0 spiro atoms. The Hall–Kier alpha value is -1.35. The van der Waals surface area contributed by atoms with Gasteiger partial charge in [-0.15, -0.1) is 0 Å². The predicted molar refractivity (Wildman–Crippen MR) is 61.0 cm³/mol. The highest BCUT2D eigenvalue weighted by molar-refractivity contribution is 5.77. The van der Waals surface area contributed by atoms with Gasteiger partial charge in [0.1, 0.15) is 0 Å². The first-order valence-corrected chi connectivity index (χ1v) is 5.25. The molecule has 1 atom stereocenters. The molecule has 15 heavy (non-hydrogen) atoms. The van der Waals surface area contributed by atoms with Crippen molar-refractivity contribution in [3.8, 4) is 0 Å². The molecule has 1 amide bonds. The second kappa shape index (κ2) is 5.51. The van der Waals surface area contributed by atoms with Gasteiger partial charge in [0, 0.05) is 5.92 Å². The van der Waals surface area contributed by atoms with Crippen molar-refractivity contribution in [3.05, 3.63) is 35.4 Å². The Morgan fingerprint density at radius 3 is 2.33 bits per heavy atom. The first-order chi connectivity index (χ1) is 7.17. The van der Waals surface area contributed by atoms with E-state index in [1.165, 1.54) is 11.1 Å². The van der Waals surface area contributed by atoms with Gasteiger partial charge in [0.25, 0.3) is 0 Å². The average molecular weight is 206 g/mol. The topological polar surface area (TPSA) is 55.1 Å². The van der Waals surface area contributed by atoms with Crippen molar-refractivity contribution in [2.24, 2.45) is 11.8 Å². The number of nitrogens with one attached hydrogen (secondary N) is 1. The monoisotopic (exact) mass is 206 g/mol. The Kier molecular flexibility index (Phi) is 4.31. The van der Waals surface area contributed by atoms with E-state index in [-0.39, 0.29) is 11.8 Å². The van der Waals surface area contributed by atoms with Crippen LogP contribution in [0.1, 0.15) is 25.0 Å². The number of hydrogen-bond acceptors (Lipinski definition) is 2. The molecule has 0 unspecified atom stereocenters. The lowest BCUT2D eigenvalue weighted by molar-refractivity contribution is -0.124. The summed E-state index contributed by atoms with van der Waals surface area (Å²) < 4.78 is 0. The summed E-state index contributed by atoms with van der Waals surface area (Å²) in [6, 6.07) is 8.34. The molecule has 0 saturated carbocycles. The Labute approximate surface area is 90.6 Å². The summed E-state index contributed by atoms with van der Waals surface area (Å²) >= 11 is 0. The van der Waals surface area contributed by atoms with Crippen LogP contribution in [0.4, 0.5) is 0 Å². The van der Waals surface area contributed by atoms with Gasteiger partial charge in [0.15, 0.2) is 0 Å². The molecule has 1 rings (SSSR count). The van der Waals surface area contributed by atoms with E-state index in [1.807, 2.05) is 6.92 Å². The molecule has 0 radical (unpaired) electrons. The zero-order chi connectivity index (χ0) is 11.3. The molecular weight excluding hydrogens is 188 g/mol. The van der Waals surface area contributed by atoms with E-state index in [4.69, 9.17) is 5.84 Å². The number of carbonyl (C=O) groups is 1. The van der Waals surface area contributed by atoms with Gasteiger partial charge in [-0.3, -0.25) is 10.2 Å². The SMILES string of the molecule is CCc1ccc(C[C@H](C)C(=O)NN)cc1. The molecule has 0 fully saturated rings. The maximum Gasteiger partial charge on any atom is 0.237 e. The fourth-order valence-electron chi connectivity index (χ4n) is 1.50. The molecule has 1 aromatic carbocycles. The molecule has 1 aromatic rings. The number of hydrazine groups is 1. The van der Waals surface area contributed by atoms with E-state index in [9.17, 15) is 4.79 Å². The van der Waals surface area contributed by atoms with Crippen LogP contribution in [0.15, 0.2) is 24.3 Å². The molecule has 0 heterocycles. The fourth-order valence-corrected chi connectivity index (χ4v) is 1.50. The normalized spacial score (nSPS) is 12.2. The van der Waals surface area contributed by atoms with E-state index < -0.39 is 0 Å². The van der Waals surface area contributed by atoms with Crippen molar-refractivity contribution < 1.29 is 4.79 Å². The number of rotatable bonds is 4. The lowest BCUT2D eigenvalue weighted by Gasteiger charge is -2.09. The van der Waals surface area contributed by atoms with Gasteiger partial charge >= 0.3 is 0 Å². The smallest absolute Gasteiger partial charge is 0.237 e. The van der Waals surface area contributed by atoms with Crippen LogP contribution in [-0.2, 0) is 17.6 Å². The highest BCUT2D eigenvalue weighted by atomic mass is 16.2.